The number of hydrogen-bond donors (Lipinski definition) is 1. The molecule has 1 heterocycles. The van der Waals surface area contributed by atoms with Gasteiger partial charge in [0.2, 0.25) is 0 Å². The van der Waals surface area contributed by atoms with Crippen LogP contribution in [-0.4, -0.2) is 35.9 Å². The molecule has 0 radical (unpaired) electrons. The summed E-state index contributed by atoms with van der Waals surface area (Å²) in [6.45, 7) is -0.254. The molecule has 1 aromatic heterocycles. The van der Waals surface area contributed by atoms with Crippen molar-refractivity contribution in [1.82, 2.24) is 9.88 Å². The van der Waals surface area contributed by atoms with Gasteiger partial charge in [-0.1, -0.05) is 6.07 Å². The SMILES string of the molecule is CNc1cccc(C(=O)N(CC#N)CC#N)n1. The Balaban J connectivity index is 2.93. The molecule has 1 rings (SSSR count). The van der Waals surface area contributed by atoms with Crippen molar-refractivity contribution in [2.24, 2.45) is 0 Å². The quantitative estimate of drug-likeness (QED) is 0.763. The van der Waals surface area contributed by atoms with Crippen LogP contribution in [0.1, 0.15) is 10.5 Å². The summed E-state index contributed by atoms with van der Waals surface area (Å²) in [6, 6.07) is 8.63. The molecule has 0 saturated carbocycles. The number of rotatable bonds is 4. The third-order valence-electron chi connectivity index (χ3n) is 2.03. The first-order valence-electron chi connectivity index (χ1n) is 4.91. The monoisotopic (exact) mass is 229 g/mol. The van der Waals surface area contributed by atoms with Gasteiger partial charge >= 0.3 is 0 Å². The zero-order valence-corrected chi connectivity index (χ0v) is 9.34. The van der Waals surface area contributed by atoms with Crippen LogP contribution >= 0.6 is 0 Å². The van der Waals surface area contributed by atoms with Crippen molar-refractivity contribution in [2.45, 2.75) is 0 Å². The fourth-order valence-corrected chi connectivity index (χ4v) is 1.23. The fourth-order valence-electron chi connectivity index (χ4n) is 1.23. The smallest absolute Gasteiger partial charge is 0.274 e. The predicted octanol–water partition coefficient (Wildman–Crippen LogP) is 0.613. The van der Waals surface area contributed by atoms with Crippen molar-refractivity contribution in [1.29, 1.82) is 10.5 Å². The molecule has 17 heavy (non-hydrogen) atoms. The summed E-state index contributed by atoms with van der Waals surface area (Å²) in [5.41, 5.74) is 0.211. The molecule has 0 aromatic carbocycles. The minimum Gasteiger partial charge on any atom is -0.373 e. The van der Waals surface area contributed by atoms with Gasteiger partial charge in [-0.05, 0) is 12.1 Å². The summed E-state index contributed by atoms with van der Waals surface area (Å²) in [5, 5.41) is 20.0. The van der Waals surface area contributed by atoms with Gasteiger partial charge in [-0.3, -0.25) is 4.79 Å². The molecule has 0 fully saturated rings. The van der Waals surface area contributed by atoms with Crippen molar-refractivity contribution in [3.63, 3.8) is 0 Å². The van der Waals surface area contributed by atoms with E-state index in [2.05, 4.69) is 10.3 Å². The van der Waals surface area contributed by atoms with E-state index >= 15 is 0 Å². The zero-order valence-electron chi connectivity index (χ0n) is 9.34. The summed E-state index contributed by atoms with van der Waals surface area (Å²) < 4.78 is 0. The third kappa shape index (κ3) is 3.18. The lowest BCUT2D eigenvalue weighted by Gasteiger charge is -2.15. The van der Waals surface area contributed by atoms with Gasteiger partial charge in [0.1, 0.15) is 24.6 Å². The summed E-state index contributed by atoms with van der Waals surface area (Å²) in [6.07, 6.45) is 0. The van der Waals surface area contributed by atoms with Crippen LogP contribution in [0.5, 0.6) is 0 Å². The van der Waals surface area contributed by atoms with Crippen LogP contribution in [0.25, 0.3) is 0 Å². The number of amides is 1. The van der Waals surface area contributed by atoms with Crippen LogP contribution in [0, 0.1) is 22.7 Å². The van der Waals surface area contributed by atoms with E-state index in [1.54, 1.807) is 25.2 Å². The highest BCUT2D eigenvalue weighted by Crippen LogP contribution is 2.06. The first-order chi connectivity index (χ1) is 8.22. The minimum atomic E-state index is -0.426. The van der Waals surface area contributed by atoms with E-state index in [9.17, 15) is 4.79 Å². The summed E-state index contributed by atoms with van der Waals surface area (Å²) in [7, 11) is 1.69. The van der Waals surface area contributed by atoms with E-state index in [0.717, 1.165) is 4.90 Å². The standard InChI is InChI=1S/C11H11N5O/c1-14-10-4-2-3-9(15-10)11(17)16(7-5-12)8-6-13/h2-4H,7-8H2,1H3,(H,14,15). The maximum absolute atomic E-state index is 11.9. The molecule has 1 amide bonds. The topological polar surface area (TPSA) is 92.8 Å². The molecule has 6 nitrogen and oxygen atoms in total. The number of pyridine rings is 1. The number of nitrogens with zero attached hydrogens (tertiary/aromatic N) is 4. The maximum Gasteiger partial charge on any atom is 0.274 e. The Bertz CT molecular complexity index is 469. The van der Waals surface area contributed by atoms with E-state index in [4.69, 9.17) is 10.5 Å². The third-order valence-corrected chi connectivity index (χ3v) is 2.03. The molecular formula is C11H11N5O. The number of anilines is 1. The Morgan fingerprint density at radius 2 is 2.06 bits per heavy atom. The molecule has 0 saturated heterocycles. The first-order valence-corrected chi connectivity index (χ1v) is 4.91. The van der Waals surface area contributed by atoms with Crippen LogP contribution in [0.3, 0.4) is 0 Å². The van der Waals surface area contributed by atoms with Crippen LogP contribution in [-0.2, 0) is 0 Å². The van der Waals surface area contributed by atoms with Gasteiger partial charge in [0.15, 0.2) is 0 Å². The van der Waals surface area contributed by atoms with Crippen LogP contribution in [0.2, 0.25) is 0 Å². The zero-order chi connectivity index (χ0) is 12.7. The highest BCUT2D eigenvalue weighted by Gasteiger charge is 2.16. The van der Waals surface area contributed by atoms with Crippen molar-refractivity contribution in [2.75, 3.05) is 25.5 Å². The van der Waals surface area contributed by atoms with E-state index in [1.807, 2.05) is 12.1 Å². The average molecular weight is 229 g/mol. The Kier molecular flexibility index (Phi) is 4.46. The van der Waals surface area contributed by atoms with Gasteiger partial charge in [0.05, 0.1) is 12.1 Å². The highest BCUT2D eigenvalue weighted by atomic mass is 16.2. The van der Waals surface area contributed by atoms with Crippen molar-refractivity contribution >= 4 is 11.7 Å². The minimum absolute atomic E-state index is 0.127. The number of nitrogens with one attached hydrogen (secondary N) is 1. The first kappa shape index (κ1) is 12.5. The van der Waals surface area contributed by atoms with Gasteiger partial charge in [0, 0.05) is 7.05 Å². The van der Waals surface area contributed by atoms with E-state index < -0.39 is 5.91 Å². The molecule has 6 heteroatoms. The van der Waals surface area contributed by atoms with E-state index in [0.29, 0.717) is 5.82 Å². The van der Waals surface area contributed by atoms with Crippen molar-refractivity contribution in [3.8, 4) is 12.1 Å². The molecule has 0 bridgehead atoms. The lowest BCUT2D eigenvalue weighted by atomic mass is 10.3. The number of hydrogen-bond acceptors (Lipinski definition) is 5. The van der Waals surface area contributed by atoms with Crippen LogP contribution < -0.4 is 5.32 Å². The Hall–Kier alpha value is -2.60. The Morgan fingerprint density at radius 3 is 2.59 bits per heavy atom. The number of carbonyl (C=O) groups excluding carboxylic acids is 1. The van der Waals surface area contributed by atoms with Crippen LogP contribution in [0.15, 0.2) is 18.2 Å². The molecule has 0 aliphatic carbocycles. The molecule has 1 N–H and O–H groups in total. The second kappa shape index (κ2) is 6.09. The van der Waals surface area contributed by atoms with E-state index in [-0.39, 0.29) is 18.8 Å². The van der Waals surface area contributed by atoms with Crippen LogP contribution in [0.4, 0.5) is 5.82 Å². The van der Waals surface area contributed by atoms with Crippen molar-refractivity contribution in [3.05, 3.63) is 23.9 Å². The van der Waals surface area contributed by atoms with Crippen molar-refractivity contribution < 1.29 is 4.79 Å². The molecule has 0 aliphatic heterocycles. The molecule has 86 valence electrons. The molecule has 0 aliphatic rings. The lowest BCUT2D eigenvalue weighted by Crippen LogP contribution is -2.32. The normalized spacial score (nSPS) is 8.88. The summed E-state index contributed by atoms with van der Waals surface area (Å²) >= 11 is 0. The van der Waals surface area contributed by atoms with Gasteiger partial charge < -0.3 is 10.2 Å². The maximum atomic E-state index is 11.9. The second-order valence-electron chi connectivity index (χ2n) is 3.14. The van der Waals surface area contributed by atoms with Gasteiger partial charge in [-0.15, -0.1) is 0 Å². The molecule has 0 unspecified atom stereocenters. The summed E-state index contributed by atoms with van der Waals surface area (Å²) in [5.74, 6) is 0.134. The Morgan fingerprint density at radius 1 is 1.41 bits per heavy atom. The number of nitriles is 2. The fraction of sp³-hybridized carbons (Fsp3) is 0.273. The largest absolute Gasteiger partial charge is 0.373 e. The average Bonchev–Trinajstić information content (AvgIpc) is 2.38. The van der Waals surface area contributed by atoms with Gasteiger partial charge in [0.25, 0.3) is 5.91 Å². The molecule has 1 aromatic rings. The Labute approximate surface area is 99.1 Å². The van der Waals surface area contributed by atoms with Gasteiger partial charge in [-0.25, -0.2) is 4.98 Å². The number of carbonyl (C=O) groups is 1. The molecular weight excluding hydrogens is 218 g/mol. The predicted molar refractivity (Wildman–Crippen MR) is 60.9 cm³/mol. The van der Waals surface area contributed by atoms with Gasteiger partial charge in [-0.2, -0.15) is 10.5 Å². The number of aromatic nitrogens is 1. The second-order valence-corrected chi connectivity index (χ2v) is 3.14. The highest BCUT2D eigenvalue weighted by molar-refractivity contribution is 5.93. The summed E-state index contributed by atoms with van der Waals surface area (Å²) in [4.78, 5) is 17.1. The lowest BCUT2D eigenvalue weighted by molar-refractivity contribution is 0.0789. The van der Waals surface area contributed by atoms with E-state index in [1.165, 1.54) is 0 Å². The molecule has 0 spiro atoms. The molecule has 0 atom stereocenters.